The monoisotopic (exact) mass is 341 g/mol. The standard InChI is InChI=1S/C15H14F3N3O3/c1-24-10-4-2-3-9(7-10)12-11-8-20(14(22)23)5-6-21(11)13(19-12)15(16,17)18/h2-4,7H,5-6,8H2,1H3,(H,22,23). The Labute approximate surface area is 135 Å². The van der Waals surface area contributed by atoms with Crippen LogP contribution < -0.4 is 4.74 Å². The minimum atomic E-state index is -4.61. The van der Waals surface area contributed by atoms with Gasteiger partial charge in [0.05, 0.1) is 25.0 Å². The minimum absolute atomic E-state index is 0.0146. The molecular formula is C15H14F3N3O3. The zero-order valence-electron chi connectivity index (χ0n) is 12.7. The SMILES string of the molecule is COc1cccc(-c2nc(C(F)(F)F)n3c2CN(C(=O)O)CC3)c1. The topological polar surface area (TPSA) is 67.6 Å². The normalized spacial score (nSPS) is 14.4. The quantitative estimate of drug-likeness (QED) is 0.912. The molecule has 128 valence electrons. The molecule has 0 bridgehead atoms. The number of fused-ring (bicyclic) bond motifs is 1. The lowest BCUT2D eigenvalue weighted by Crippen LogP contribution is -2.38. The summed E-state index contributed by atoms with van der Waals surface area (Å²) in [6.07, 6.45) is -5.79. The van der Waals surface area contributed by atoms with E-state index in [0.29, 0.717) is 11.3 Å². The summed E-state index contributed by atoms with van der Waals surface area (Å²) in [5.41, 5.74) is 0.789. The van der Waals surface area contributed by atoms with Gasteiger partial charge in [0.2, 0.25) is 5.82 Å². The largest absolute Gasteiger partial charge is 0.497 e. The van der Waals surface area contributed by atoms with E-state index in [1.165, 1.54) is 7.11 Å². The summed E-state index contributed by atoms with van der Waals surface area (Å²) in [6.45, 7) is -0.252. The molecule has 2 aromatic rings. The van der Waals surface area contributed by atoms with Gasteiger partial charge in [0, 0.05) is 18.7 Å². The molecule has 0 radical (unpaired) electrons. The van der Waals surface area contributed by atoms with Crippen LogP contribution in [0.3, 0.4) is 0 Å². The van der Waals surface area contributed by atoms with E-state index in [2.05, 4.69) is 4.98 Å². The molecule has 3 rings (SSSR count). The molecule has 0 aliphatic carbocycles. The van der Waals surface area contributed by atoms with Crippen LogP contribution in [0.15, 0.2) is 24.3 Å². The van der Waals surface area contributed by atoms with Crippen LogP contribution in [0.1, 0.15) is 11.5 Å². The summed E-state index contributed by atoms with van der Waals surface area (Å²) < 4.78 is 45.9. The number of hydrogen-bond donors (Lipinski definition) is 1. The fourth-order valence-corrected chi connectivity index (χ4v) is 2.75. The van der Waals surface area contributed by atoms with Crippen molar-refractivity contribution in [3.8, 4) is 17.0 Å². The number of imidazole rings is 1. The molecule has 1 aromatic carbocycles. The Morgan fingerprint density at radius 3 is 2.71 bits per heavy atom. The molecule has 9 heteroatoms. The highest BCUT2D eigenvalue weighted by molar-refractivity contribution is 5.68. The van der Waals surface area contributed by atoms with Gasteiger partial charge in [-0.15, -0.1) is 0 Å². The highest BCUT2D eigenvalue weighted by Gasteiger charge is 2.40. The third-order valence-electron chi connectivity index (χ3n) is 3.87. The van der Waals surface area contributed by atoms with Crippen LogP contribution in [-0.2, 0) is 19.3 Å². The fourth-order valence-electron chi connectivity index (χ4n) is 2.75. The molecule has 0 unspecified atom stereocenters. The van der Waals surface area contributed by atoms with Gasteiger partial charge in [0.15, 0.2) is 0 Å². The number of hydrogen-bond acceptors (Lipinski definition) is 3. The van der Waals surface area contributed by atoms with Gasteiger partial charge in [-0.05, 0) is 12.1 Å². The number of alkyl halides is 3. The second kappa shape index (κ2) is 5.73. The zero-order chi connectivity index (χ0) is 17.5. The molecule has 0 saturated carbocycles. The number of amides is 1. The zero-order valence-corrected chi connectivity index (χ0v) is 12.7. The van der Waals surface area contributed by atoms with E-state index in [-0.39, 0.29) is 31.0 Å². The number of ether oxygens (including phenoxy) is 1. The summed E-state index contributed by atoms with van der Waals surface area (Å²) >= 11 is 0. The van der Waals surface area contributed by atoms with Gasteiger partial charge in [-0.3, -0.25) is 0 Å². The van der Waals surface area contributed by atoms with E-state index in [9.17, 15) is 18.0 Å². The maximum Gasteiger partial charge on any atom is 0.449 e. The average Bonchev–Trinajstić information content (AvgIpc) is 2.93. The van der Waals surface area contributed by atoms with Crippen molar-refractivity contribution in [3.63, 3.8) is 0 Å². The van der Waals surface area contributed by atoms with E-state index in [0.717, 1.165) is 9.47 Å². The molecule has 1 aromatic heterocycles. The number of carbonyl (C=O) groups is 1. The van der Waals surface area contributed by atoms with Gasteiger partial charge in [0.25, 0.3) is 0 Å². The third-order valence-corrected chi connectivity index (χ3v) is 3.87. The highest BCUT2D eigenvalue weighted by Crippen LogP contribution is 2.36. The fraction of sp³-hybridized carbons (Fsp3) is 0.333. The predicted octanol–water partition coefficient (Wildman–Crippen LogP) is 3.07. The third kappa shape index (κ3) is 2.77. The predicted molar refractivity (Wildman–Crippen MR) is 77.7 cm³/mol. The maximum atomic E-state index is 13.3. The molecule has 0 spiro atoms. The molecule has 1 amide bonds. The number of methoxy groups -OCH3 is 1. The first kappa shape index (κ1) is 16.2. The highest BCUT2D eigenvalue weighted by atomic mass is 19.4. The number of aromatic nitrogens is 2. The van der Waals surface area contributed by atoms with Crippen molar-refractivity contribution in [2.75, 3.05) is 13.7 Å². The van der Waals surface area contributed by atoms with Crippen LogP contribution in [0.2, 0.25) is 0 Å². The van der Waals surface area contributed by atoms with Crippen molar-refractivity contribution in [1.29, 1.82) is 0 Å². The van der Waals surface area contributed by atoms with Crippen LogP contribution in [-0.4, -0.2) is 39.3 Å². The second-order valence-corrected chi connectivity index (χ2v) is 5.32. The van der Waals surface area contributed by atoms with Crippen LogP contribution in [0, 0.1) is 0 Å². The van der Waals surface area contributed by atoms with Crippen molar-refractivity contribution in [2.24, 2.45) is 0 Å². The Hall–Kier alpha value is -2.71. The van der Waals surface area contributed by atoms with Gasteiger partial charge < -0.3 is 19.3 Å². The van der Waals surface area contributed by atoms with E-state index >= 15 is 0 Å². The molecular weight excluding hydrogens is 327 g/mol. The van der Waals surface area contributed by atoms with Gasteiger partial charge in [0.1, 0.15) is 5.75 Å². The van der Waals surface area contributed by atoms with Gasteiger partial charge in [-0.1, -0.05) is 12.1 Å². The smallest absolute Gasteiger partial charge is 0.449 e. The first-order valence-corrected chi connectivity index (χ1v) is 7.10. The second-order valence-electron chi connectivity index (χ2n) is 5.32. The lowest BCUT2D eigenvalue weighted by Gasteiger charge is -2.27. The number of carboxylic acid groups (broad SMARTS) is 1. The number of nitrogens with zero attached hydrogens (tertiary/aromatic N) is 3. The summed E-state index contributed by atoms with van der Waals surface area (Å²) in [6, 6.07) is 6.50. The van der Waals surface area contributed by atoms with E-state index in [1.54, 1.807) is 24.3 Å². The van der Waals surface area contributed by atoms with E-state index < -0.39 is 18.1 Å². The van der Waals surface area contributed by atoms with Crippen LogP contribution >= 0.6 is 0 Å². The Balaban J connectivity index is 2.15. The molecule has 1 aliphatic rings. The molecule has 6 nitrogen and oxygen atoms in total. The summed E-state index contributed by atoms with van der Waals surface area (Å²) in [5.74, 6) is -0.533. The number of halogens is 3. The summed E-state index contributed by atoms with van der Waals surface area (Å²) in [4.78, 5) is 16.0. The Morgan fingerprint density at radius 2 is 2.08 bits per heavy atom. The molecule has 1 N–H and O–H groups in total. The van der Waals surface area contributed by atoms with Crippen molar-refractivity contribution >= 4 is 6.09 Å². The summed E-state index contributed by atoms with van der Waals surface area (Å²) in [7, 11) is 1.45. The Morgan fingerprint density at radius 1 is 1.33 bits per heavy atom. The van der Waals surface area contributed by atoms with Crippen LogP contribution in [0.5, 0.6) is 5.75 Å². The molecule has 2 heterocycles. The van der Waals surface area contributed by atoms with E-state index in [4.69, 9.17) is 9.84 Å². The molecule has 1 aliphatic heterocycles. The molecule has 0 saturated heterocycles. The van der Waals surface area contributed by atoms with Crippen molar-refractivity contribution in [3.05, 3.63) is 35.8 Å². The van der Waals surface area contributed by atoms with Crippen molar-refractivity contribution in [1.82, 2.24) is 14.5 Å². The van der Waals surface area contributed by atoms with E-state index in [1.807, 2.05) is 0 Å². The van der Waals surface area contributed by atoms with Crippen molar-refractivity contribution in [2.45, 2.75) is 19.3 Å². The van der Waals surface area contributed by atoms with Gasteiger partial charge in [-0.25, -0.2) is 9.78 Å². The molecule has 24 heavy (non-hydrogen) atoms. The first-order valence-electron chi connectivity index (χ1n) is 7.10. The lowest BCUT2D eigenvalue weighted by molar-refractivity contribution is -0.147. The average molecular weight is 341 g/mol. The number of rotatable bonds is 2. The Bertz CT molecular complexity index is 786. The van der Waals surface area contributed by atoms with Gasteiger partial charge >= 0.3 is 12.3 Å². The lowest BCUT2D eigenvalue weighted by atomic mass is 10.1. The van der Waals surface area contributed by atoms with Crippen LogP contribution in [0.4, 0.5) is 18.0 Å². The summed E-state index contributed by atoms with van der Waals surface area (Å²) in [5, 5.41) is 9.13. The van der Waals surface area contributed by atoms with Crippen molar-refractivity contribution < 1.29 is 27.8 Å². The Kier molecular flexibility index (Phi) is 3.86. The molecule has 0 fully saturated rings. The van der Waals surface area contributed by atoms with Gasteiger partial charge in [-0.2, -0.15) is 13.2 Å². The minimum Gasteiger partial charge on any atom is -0.497 e. The first-order chi connectivity index (χ1) is 11.3. The molecule has 0 atom stereocenters. The maximum absolute atomic E-state index is 13.3. The number of benzene rings is 1. The van der Waals surface area contributed by atoms with Crippen LogP contribution in [0.25, 0.3) is 11.3 Å².